The Bertz CT molecular complexity index is 200. The minimum Gasteiger partial charge on any atom is -0.313 e. The number of rotatable bonds is 2. The van der Waals surface area contributed by atoms with Gasteiger partial charge in [0.2, 0.25) is 0 Å². The summed E-state index contributed by atoms with van der Waals surface area (Å²) in [5.74, 6) is 7.16. The smallest absolute Gasteiger partial charge is 0.0191 e. The SMILES string of the molecule is CN(N)CC1C=CCC2NCCC12. The molecule has 2 aliphatic rings. The van der Waals surface area contributed by atoms with E-state index in [9.17, 15) is 0 Å². The fourth-order valence-corrected chi connectivity index (χ4v) is 2.63. The first kappa shape index (κ1) is 9.19. The Morgan fingerprint density at radius 2 is 2.46 bits per heavy atom. The summed E-state index contributed by atoms with van der Waals surface area (Å²) in [7, 11) is 1.94. The van der Waals surface area contributed by atoms with Crippen LogP contribution in [0, 0.1) is 11.8 Å². The van der Waals surface area contributed by atoms with Crippen LogP contribution in [0.4, 0.5) is 0 Å². The van der Waals surface area contributed by atoms with E-state index in [2.05, 4.69) is 17.5 Å². The molecule has 3 nitrogen and oxygen atoms in total. The van der Waals surface area contributed by atoms with Gasteiger partial charge in [0.25, 0.3) is 0 Å². The molecule has 1 aliphatic carbocycles. The Hall–Kier alpha value is -0.380. The number of fused-ring (bicyclic) bond motifs is 1. The lowest BCUT2D eigenvalue weighted by molar-refractivity contribution is 0.236. The third-order valence-electron chi connectivity index (χ3n) is 3.22. The van der Waals surface area contributed by atoms with Gasteiger partial charge in [-0.3, -0.25) is 5.84 Å². The van der Waals surface area contributed by atoms with Gasteiger partial charge < -0.3 is 5.32 Å². The Labute approximate surface area is 79.9 Å². The van der Waals surface area contributed by atoms with Gasteiger partial charge in [-0.2, -0.15) is 0 Å². The van der Waals surface area contributed by atoms with Gasteiger partial charge in [-0.25, -0.2) is 5.01 Å². The van der Waals surface area contributed by atoms with E-state index in [1.165, 1.54) is 19.4 Å². The van der Waals surface area contributed by atoms with Gasteiger partial charge in [0.05, 0.1) is 0 Å². The van der Waals surface area contributed by atoms with Crippen LogP contribution in [-0.2, 0) is 0 Å². The van der Waals surface area contributed by atoms with E-state index in [1.54, 1.807) is 5.01 Å². The second-order valence-electron chi connectivity index (χ2n) is 4.28. The Morgan fingerprint density at radius 1 is 1.62 bits per heavy atom. The first-order valence-corrected chi connectivity index (χ1v) is 5.13. The molecule has 1 heterocycles. The number of nitrogens with zero attached hydrogens (tertiary/aromatic N) is 1. The normalized spacial score (nSPS) is 38.2. The van der Waals surface area contributed by atoms with Gasteiger partial charge in [-0.15, -0.1) is 0 Å². The highest BCUT2D eigenvalue weighted by Gasteiger charge is 2.33. The molecule has 2 rings (SSSR count). The molecule has 3 atom stereocenters. The molecule has 0 bridgehead atoms. The van der Waals surface area contributed by atoms with Crippen molar-refractivity contribution in [2.75, 3.05) is 20.1 Å². The van der Waals surface area contributed by atoms with Crippen molar-refractivity contribution in [3.63, 3.8) is 0 Å². The van der Waals surface area contributed by atoms with Crippen LogP contribution in [0.5, 0.6) is 0 Å². The van der Waals surface area contributed by atoms with Gasteiger partial charge >= 0.3 is 0 Å². The number of hydrazine groups is 1. The van der Waals surface area contributed by atoms with Crippen molar-refractivity contribution < 1.29 is 0 Å². The topological polar surface area (TPSA) is 41.3 Å². The standard InChI is InChI=1S/C10H19N3/c1-13(11)7-8-3-2-4-10-9(8)5-6-12-10/h2-3,8-10,12H,4-7,11H2,1H3. The maximum Gasteiger partial charge on any atom is 0.0191 e. The van der Waals surface area contributed by atoms with E-state index in [4.69, 9.17) is 5.84 Å². The maximum absolute atomic E-state index is 5.69. The molecule has 3 unspecified atom stereocenters. The van der Waals surface area contributed by atoms with Gasteiger partial charge in [0, 0.05) is 19.6 Å². The lowest BCUT2D eigenvalue weighted by Gasteiger charge is -2.31. The lowest BCUT2D eigenvalue weighted by Crippen LogP contribution is -2.39. The Morgan fingerprint density at radius 3 is 3.23 bits per heavy atom. The van der Waals surface area contributed by atoms with Crippen molar-refractivity contribution in [3.05, 3.63) is 12.2 Å². The van der Waals surface area contributed by atoms with E-state index in [0.717, 1.165) is 18.5 Å². The van der Waals surface area contributed by atoms with Crippen LogP contribution in [0.1, 0.15) is 12.8 Å². The van der Waals surface area contributed by atoms with Crippen molar-refractivity contribution in [2.45, 2.75) is 18.9 Å². The summed E-state index contributed by atoms with van der Waals surface area (Å²) in [5, 5.41) is 5.35. The molecule has 1 saturated heterocycles. The zero-order valence-electron chi connectivity index (χ0n) is 8.24. The van der Waals surface area contributed by atoms with Crippen LogP contribution in [0.15, 0.2) is 12.2 Å². The second-order valence-corrected chi connectivity index (χ2v) is 4.28. The van der Waals surface area contributed by atoms with Crippen LogP contribution in [0.2, 0.25) is 0 Å². The van der Waals surface area contributed by atoms with E-state index in [-0.39, 0.29) is 0 Å². The van der Waals surface area contributed by atoms with Crippen molar-refractivity contribution >= 4 is 0 Å². The molecule has 0 aromatic rings. The molecule has 0 aromatic carbocycles. The van der Waals surface area contributed by atoms with E-state index in [1.807, 2.05) is 7.05 Å². The van der Waals surface area contributed by atoms with Crippen LogP contribution in [-0.4, -0.2) is 31.2 Å². The monoisotopic (exact) mass is 181 g/mol. The van der Waals surface area contributed by atoms with Gasteiger partial charge in [-0.1, -0.05) is 12.2 Å². The fourth-order valence-electron chi connectivity index (χ4n) is 2.63. The summed E-state index contributed by atoms with van der Waals surface area (Å²) in [6, 6.07) is 0.718. The summed E-state index contributed by atoms with van der Waals surface area (Å²) in [6.45, 7) is 2.17. The molecule has 3 heteroatoms. The maximum atomic E-state index is 5.69. The van der Waals surface area contributed by atoms with Crippen molar-refractivity contribution in [3.8, 4) is 0 Å². The van der Waals surface area contributed by atoms with Crippen LogP contribution >= 0.6 is 0 Å². The third kappa shape index (κ3) is 1.93. The predicted molar refractivity (Wildman–Crippen MR) is 54.0 cm³/mol. The molecule has 0 aromatic heterocycles. The number of nitrogens with two attached hydrogens (primary N) is 1. The largest absolute Gasteiger partial charge is 0.313 e. The Kier molecular flexibility index (Phi) is 2.67. The highest BCUT2D eigenvalue weighted by molar-refractivity contribution is 5.06. The summed E-state index contributed by atoms with van der Waals surface area (Å²) in [6.07, 6.45) is 7.16. The molecule has 0 saturated carbocycles. The van der Waals surface area contributed by atoms with E-state index >= 15 is 0 Å². The molecule has 0 amide bonds. The molecule has 1 fully saturated rings. The minimum atomic E-state index is 0.656. The molecule has 0 radical (unpaired) electrons. The van der Waals surface area contributed by atoms with Gasteiger partial charge in [-0.05, 0) is 31.2 Å². The molecule has 0 spiro atoms. The van der Waals surface area contributed by atoms with E-state index < -0.39 is 0 Å². The highest BCUT2D eigenvalue weighted by atomic mass is 15.4. The van der Waals surface area contributed by atoms with Crippen molar-refractivity contribution in [1.82, 2.24) is 10.3 Å². The zero-order chi connectivity index (χ0) is 9.26. The number of hydrogen-bond donors (Lipinski definition) is 2. The first-order chi connectivity index (χ1) is 6.27. The molecule has 3 N–H and O–H groups in total. The van der Waals surface area contributed by atoms with Crippen molar-refractivity contribution in [2.24, 2.45) is 17.7 Å². The third-order valence-corrected chi connectivity index (χ3v) is 3.22. The molecule has 13 heavy (non-hydrogen) atoms. The average Bonchev–Trinajstić information content (AvgIpc) is 2.51. The first-order valence-electron chi connectivity index (χ1n) is 5.13. The van der Waals surface area contributed by atoms with Crippen LogP contribution in [0.3, 0.4) is 0 Å². The lowest BCUT2D eigenvalue weighted by atomic mass is 9.80. The molecular formula is C10H19N3. The number of nitrogens with one attached hydrogen (secondary N) is 1. The average molecular weight is 181 g/mol. The van der Waals surface area contributed by atoms with Gasteiger partial charge in [0.15, 0.2) is 0 Å². The van der Waals surface area contributed by atoms with Crippen LogP contribution < -0.4 is 11.2 Å². The van der Waals surface area contributed by atoms with Gasteiger partial charge in [0.1, 0.15) is 0 Å². The van der Waals surface area contributed by atoms with Crippen molar-refractivity contribution in [1.29, 1.82) is 0 Å². The number of hydrogen-bond acceptors (Lipinski definition) is 3. The minimum absolute atomic E-state index is 0.656. The molecular weight excluding hydrogens is 162 g/mol. The summed E-state index contributed by atoms with van der Waals surface area (Å²) in [4.78, 5) is 0. The van der Waals surface area contributed by atoms with E-state index in [0.29, 0.717) is 5.92 Å². The quantitative estimate of drug-likeness (QED) is 0.367. The summed E-state index contributed by atoms with van der Waals surface area (Å²) >= 11 is 0. The Balaban J connectivity index is 2.00. The van der Waals surface area contributed by atoms with Crippen LogP contribution in [0.25, 0.3) is 0 Å². The molecule has 1 aliphatic heterocycles. The fraction of sp³-hybridized carbons (Fsp3) is 0.800. The summed E-state index contributed by atoms with van der Waals surface area (Å²) < 4.78 is 0. The highest BCUT2D eigenvalue weighted by Crippen LogP contribution is 2.31. The molecule has 74 valence electrons. The predicted octanol–water partition coefficient (Wildman–Crippen LogP) is 0.346. The zero-order valence-corrected chi connectivity index (χ0v) is 8.24. The summed E-state index contributed by atoms with van der Waals surface area (Å²) in [5.41, 5.74) is 0. The second kappa shape index (κ2) is 3.78.